The summed E-state index contributed by atoms with van der Waals surface area (Å²) >= 11 is 5.96. The molecular weight excluding hydrogens is 540 g/mol. The van der Waals surface area contributed by atoms with E-state index in [-0.39, 0.29) is 45.2 Å². The molecule has 2 aromatic carbocycles. The van der Waals surface area contributed by atoms with Gasteiger partial charge in [0.25, 0.3) is 0 Å². The second-order valence-corrected chi connectivity index (χ2v) is 10.8. The molecule has 1 amide bonds. The van der Waals surface area contributed by atoms with Crippen LogP contribution in [0, 0.1) is 19.7 Å². The maximum atomic E-state index is 13.5. The third kappa shape index (κ3) is 4.16. The molecule has 2 aromatic heterocycles. The molecule has 0 fully saturated rings. The van der Waals surface area contributed by atoms with E-state index in [0.29, 0.717) is 54.0 Å². The molecule has 35 heavy (non-hydrogen) atoms. The van der Waals surface area contributed by atoms with E-state index in [9.17, 15) is 18.8 Å². The number of aryl methyl sites for hydroxylation is 1. The van der Waals surface area contributed by atoms with Crippen LogP contribution in [0.1, 0.15) is 32.9 Å². The first-order chi connectivity index (χ1) is 16.7. The van der Waals surface area contributed by atoms with Crippen molar-refractivity contribution in [2.24, 2.45) is 0 Å². The summed E-state index contributed by atoms with van der Waals surface area (Å²) < 4.78 is 21.2. The fraction of sp³-hybridized carbons (Fsp3) is 0.160. The van der Waals surface area contributed by atoms with Gasteiger partial charge in [-0.1, -0.05) is 17.7 Å². The number of fused-ring (bicyclic) bond motifs is 2. The van der Waals surface area contributed by atoms with Gasteiger partial charge in [-0.25, -0.2) is 0 Å². The van der Waals surface area contributed by atoms with Crippen molar-refractivity contribution in [3.8, 4) is 0 Å². The van der Waals surface area contributed by atoms with Crippen molar-refractivity contribution in [2.75, 3.05) is 11.9 Å². The van der Waals surface area contributed by atoms with E-state index in [4.69, 9.17) is 16.3 Å². The zero-order chi connectivity index (χ0) is 24.9. The molecule has 1 aliphatic heterocycles. The Kier molecular flexibility index (Phi) is 6.00. The molecule has 7 nitrogen and oxygen atoms in total. The average Bonchev–Trinajstić information content (AvgIpc) is 3.39. The number of amides is 1. The van der Waals surface area contributed by atoms with Crippen molar-refractivity contribution >= 4 is 65.2 Å². The number of aromatic nitrogens is 2. The molecule has 10 heteroatoms. The first-order valence-corrected chi connectivity index (χ1v) is 12.7. The predicted molar refractivity (Wildman–Crippen MR) is 134 cm³/mol. The summed E-state index contributed by atoms with van der Waals surface area (Å²) in [6, 6.07) is 9.37. The molecule has 3 heterocycles. The second-order valence-electron chi connectivity index (χ2n) is 8.11. The normalized spacial score (nSPS) is 13.9. The average molecular weight is 559 g/mol. The first kappa shape index (κ1) is 23.4. The van der Waals surface area contributed by atoms with Crippen LogP contribution in [-0.2, 0) is 16.1 Å². The van der Waals surface area contributed by atoms with Gasteiger partial charge in [0.1, 0.15) is 0 Å². The number of hydrogen-bond donors (Lipinski definition) is 2. The zero-order valence-corrected chi connectivity index (χ0v) is 21.2. The van der Waals surface area contributed by atoms with Gasteiger partial charge in [-0.3, -0.25) is 0 Å². The van der Waals surface area contributed by atoms with Gasteiger partial charge in [0.15, 0.2) is 0 Å². The Labute approximate surface area is 210 Å². The molecule has 0 saturated carbocycles. The number of rotatable bonds is 5. The Morgan fingerprint density at radius 3 is 2.83 bits per heavy atom. The molecular formula is C25H19ClFN3O4Se. The van der Waals surface area contributed by atoms with Crippen LogP contribution in [0.2, 0.25) is 5.02 Å². The van der Waals surface area contributed by atoms with Gasteiger partial charge in [0.05, 0.1) is 0 Å². The van der Waals surface area contributed by atoms with Crippen molar-refractivity contribution in [1.29, 1.82) is 0 Å². The van der Waals surface area contributed by atoms with E-state index in [2.05, 4.69) is 10.3 Å². The van der Waals surface area contributed by atoms with Gasteiger partial charge in [-0.15, -0.1) is 0 Å². The number of halogens is 2. The monoisotopic (exact) mass is 559 g/mol. The van der Waals surface area contributed by atoms with E-state index < -0.39 is 5.97 Å². The Balaban J connectivity index is 1.35. The van der Waals surface area contributed by atoms with Crippen molar-refractivity contribution in [3.63, 3.8) is 0 Å². The van der Waals surface area contributed by atoms with Crippen molar-refractivity contribution in [3.05, 3.63) is 85.7 Å². The summed E-state index contributed by atoms with van der Waals surface area (Å²) in [6.07, 6.45) is 1.67. The number of benzene rings is 2. The third-order valence-electron chi connectivity index (χ3n) is 5.88. The molecule has 0 radical (unpaired) electrons. The second kappa shape index (κ2) is 9.00. The fourth-order valence-corrected chi connectivity index (χ4v) is 6.58. The van der Waals surface area contributed by atoms with Crippen LogP contribution in [0.3, 0.4) is 0 Å². The van der Waals surface area contributed by atoms with Gasteiger partial charge in [0, 0.05) is 0 Å². The molecule has 0 aliphatic carbocycles. The van der Waals surface area contributed by atoms with Gasteiger partial charge in [0.2, 0.25) is 0 Å². The minimum absolute atomic E-state index is 0.00860. The SMILES string of the molecule is Cc1[nH]c(/C=C2\C(=O)Nc3cccc(Cl)c32)c(C)c1C(=O)OCCn1[se]c2cc(F)ccc2c1=O. The van der Waals surface area contributed by atoms with Gasteiger partial charge >= 0.3 is 181 Å². The standard InChI is InChI=1S/C25H19ClFN3O4Se/c1-12-19(11-16-22-17(26)4-3-5-18(22)29-23(16)31)28-13(2)21(12)25(33)34-9-8-30-24(32)15-7-6-14(27)10-20(15)35-30/h3-7,10-11,28H,8-9H2,1-2H3,(H,29,31)/b16-11-. The van der Waals surface area contributed by atoms with E-state index in [0.717, 1.165) is 0 Å². The third-order valence-corrected chi connectivity index (χ3v) is 8.51. The summed E-state index contributed by atoms with van der Waals surface area (Å²) in [5.74, 6) is -1.18. The van der Waals surface area contributed by atoms with Crippen LogP contribution < -0.4 is 10.9 Å². The predicted octanol–water partition coefficient (Wildman–Crippen LogP) is 4.15. The van der Waals surface area contributed by atoms with Gasteiger partial charge in [-0.2, -0.15) is 0 Å². The molecule has 178 valence electrons. The zero-order valence-electron chi connectivity index (χ0n) is 18.7. The summed E-state index contributed by atoms with van der Waals surface area (Å²) in [4.78, 5) is 41.0. The summed E-state index contributed by atoms with van der Waals surface area (Å²) in [6.45, 7) is 3.75. The van der Waals surface area contributed by atoms with Crippen LogP contribution in [0.4, 0.5) is 10.1 Å². The number of hydrogen-bond acceptors (Lipinski definition) is 4. The molecule has 0 bridgehead atoms. The molecule has 4 aromatic rings. The summed E-state index contributed by atoms with van der Waals surface area (Å²) in [5.41, 5.74) is 3.68. The van der Waals surface area contributed by atoms with Crippen LogP contribution in [-0.4, -0.2) is 41.8 Å². The Morgan fingerprint density at radius 1 is 1.23 bits per heavy atom. The summed E-state index contributed by atoms with van der Waals surface area (Å²) in [7, 11) is 0. The number of esters is 1. The Hall–Kier alpha value is -3.39. The number of nitrogens with one attached hydrogen (secondary N) is 2. The van der Waals surface area contributed by atoms with Crippen molar-refractivity contribution < 1.29 is 18.7 Å². The maximum absolute atomic E-state index is 13.5. The molecule has 5 rings (SSSR count). The fourth-order valence-electron chi connectivity index (χ4n) is 4.20. The topological polar surface area (TPSA) is 93.2 Å². The van der Waals surface area contributed by atoms with Gasteiger partial charge in [-0.05, 0) is 12.1 Å². The van der Waals surface area contributed by atoms with Crippen LogP contribution >= 0.6 is 11.6 Å². The molecule has 0 spiro atoms. The molecule has 0 atom stereocenters. The van der Waals surface area contributed by atoms with Crippen LogP contribution in [0.25, 0.3) is 21.3 Å². The number of nitrogens with zero attached hydrogens (tertiary/aromatic N) is 1. The Bertz CT molecular complexity index is 1610. The Morgan fingerprint density at radius 2 is 2.03 bits per heavy atom. The number of anilines is 1. The summed E-state index contributed by atoms with van der Waals surface area (Å²) in [5, 5.41) is 3.74. The number of aromatic amines is 1. The van der Waals surface area contributed by atoms with Crippen LogP contribution in [0.15, 0.2) is 41.2 Å². The van der Waals surface area contributed by atoms with Crippen molar-refractivity contribution in [1.82, 2.24) is 8.55 Å². The van der Waals surface area contributed by atoms with E-state index in [1.165, 1.54) is 18.2 Å². The molecule has 0 unspecified atom stereocenters. The quantitative estimate of drug-likeness (QED) is 0.219. The van der Waals surface area contributed by atoms with Gasteiger partial charge < -0.3 is 0 Å². The van der Waals surface area contributed by atoms with Crippen molar-refractivity contribution in [2.45, 2.75) is 20.4 Å². The number of H-pyrrole nitrogens is 1. The number of ether oxygens (including phenoxy) is 1. The van der Waals surface area contributed by atoms with E-state index in [1.807, 2.05) is 0 Å². The number of carbonyl (C=O) groups is 2. The molecule has 0 saturated heterocycles. The first-order valence-electron chi connectivity index (χ1n) is 10.7. The minimum atomic E-state index is -0.530. The van der Waals surface area contributed by atoms with E-state index >= 15 is 0 Å². The van der Waals surface area contributed by atoms with Crippen LogP contribution in [0.5, 0.6) is 0 Å². The number of carbonyl (C=O) groups excluding carboxylic acids is 2. The van der Waals surface area contributed by atoms with E-state index in [1.54, 1.807) is 41.7 Å². The molecule has 1 aliphatic rings. The molecule has 2 N–H and O–H groups in total.